The predicted molar refractivity (Wildman–Crippen MR) is 90.1 cm³/mol. The SMILES string of the molecule is O=c1c2ccccc2[nH]c(=S)n1-c1c(Br)cccc1Br. The zero-order valence-electron chi connectivity index (χ0n) is 10.1. The average Bonchev–Trinajstić information content (AvgIpc) is 2.42. The van der Waals surface area contributed by atoms with Crippen LogP contribution in [-0.4, -0.2) is 9.55 Å². The van der Waals surface area contributed by atoms with E-state index in [0.717, 1.165) is 14.5 Å². The molecule has 0 atom stereocenters. The van der Waals surface area contributed by atoms with Gasteiger partial charge in [0.25, 0.3) is 5.56 Å². The number of H-pyrrole nitrogens is 1. The fourth-order valence-corrected chi connectivity index (χ4v) is 3.71. The van der Waals surface area contributed by atoms with Crippen LogP contribution >= 0.6 is 44.1 Å². The maximum Gasteiger partial charge on any atom is 0.266 e. The normalized spacial score (nSPS) is 10.9. The van der Waals surface area contributed by atoms with Crippen LogP contribution in [0, 0.1) is 4.77 Å². The first-order valence-corrected chi connectivity index (χ1v) is 7.77. The molecule has 0 fully saturated rings. The summed E-state index contributed by atoms with van der Waals surface area (Å²) in [5, 5.41) is 0.601. The summed E-state index contributed by atoms with van der Waals surface area (Å²) in [4.78, 5) is 15.8. The minimum atomic E-state index is -0.142. The molecule has 1 N–H and O–H groups in total. The number of hydrogen-bond acceptors (Lipinski definition) is 2. The van der Waals surface area contributed by atoms with E-state index in [2.05, 4.69) is 36.8 Å². The molecule has 6 heteroatoms. The van der Waals surface area contributed by atoms with Crippen LogP contribution in [0.2, 0.25) is 0 Å². The second kappa shape index (κ2) is 5.27. The van der Waals surface area contributed by atoms with Crippen LogP contribution in [-0.2, 0) is 0 Å². The number of rotatable bonds is 1. The van der Waals surface area contributed by atoms with E-state index in [4.69, 9.17) is 12.2 Å². The second-order valence-electron chi connectivity index (χ2n) is 4.19. The monoisotopic (exact) mass is 410 g/mol. The lowest BCUT2D eigenvalue weighted by Gasteiger charge is -2.11. The van der Waals surface area contributed by atoms with E-state index in [0.29, 0.717) is 15.8 Å². The molecule has 0 saturated heterocycles. The van der Waals surface area contributed by atoms with Gasteiger partial charge in [0, 0.05) is 8.95 Å². The molecule has 0 aliphatic carbocycles. The largest absolute Gasteiger partial charge is 0.331 e. The molecule has 1 aromatic heterocycles. The number of hydrogen-bond donors (Lipinski definition) is 1. The number of nitrogens with zero attached hydrogens (tertiary/aromatic N) is 1. The molecule has 3 aromatic rings. The molecule has 0 unspecified atom stereocenters. The number of fused-ring (bicyclic) bond motifs is 1. The van der Waals surface area contributed by atoms with Gasteiger partial charge in [-0.2, -0.15) is 0 Å². The fraction of sp³-hybridized carbons (Fsp3) is 0. The third kappa shape index (κ3) is 2.17. The van der Waals surface area contributed by atoms with Gasteiger partial charge in [-0.3, -0.25) is 9.36 Å². The highest BCUT2D eigenvalue weighted by atomic mass is 79.9. The minimum absolute atomic E-state index is 0.142. The molecule has 0 bridgehead atoms. The van der Waals surface area contributed by atoms with Crippen molar-refractivity contribution >= 4 is 55.0 Å². The van der Waals surface area contributed by atoms with E-state index in [1.807, 2.05) is 36.4 Å². The van der Waals surface area contributed by atoms with Crippen LogP contribution in [0.4, 0.5) is 0 Å². The van der Waals surface area contributed by atoms with Crippen molar-refractivity contribution in [1.82, 2.24) is 9.55 Å². The standard InChI is InChI=1S/C14H8Br2N2OS/c15-9-5-3-6-10(16)12(9)18-13(19)8-4-1-2-7-11(8)17-14(18)20/h1-7H,(H,17,20). The Morgan fingerprint density at radius 2 is 1.65 bits per heavy atom. The molecular weight excluding hydrogens is 404 g/mol. The van der Waals surface area contributed by atoms with E-state index >= 15 is 0 Å². The molecule has 3 nitrogen and oxygen atoms in total. The average molecular weight is 412 g/mol. The Bertz CT molecular complexity index is 910. The maximum absolute atomic E-state index is 12.7. The molecule has 1 heterocycles. The molecule has 0 amide bonds. The summed E-state index contributed by atoms with van der Waals surface area (Å²) in [6, 6.07) is 12.9. The zero-order valence-corrected chi connectivity index (χ0v) is 14.0. The van der Waals surface area contributed by atoms with E-state index < -0.39 is 0 Å². The number of para-hydroxylation sites is 2. The van der Waals surface area contributed by atoms with Crippen LogP contribution in [0.25, 0.3) is 16.6 Å². The minimum Gasteiger partial charge on any atom is -0.331 e. The van der Waals surface area contributed by atoms with Crippen molar-refractivity contribution in [2.75, 3.05) is 0 Å². The van der Waals surface area contributed by atoms with Crippen molar-refractivity contribution in [2.24, 2.45) is 0 Å². The van der Waals surface area contributed by atoms with E-state index in [1.54, 1.807) is 6.07 Å². The summed E-state index contributed by atoms with van der Waals surface area (Å²) >= 11 is 12.3. The molecule has 0 spiro atoms. The summed E-state index contributed by atoms with van der Waals surface area (Å²) in [5.74, 6) is 0. The summed E-state index contributed by atoms with van der Waals surface area (Å²) in [6.07, 6.45) is 0. The Balaban J connectivity index is 2.50. The summed E-state index contributed by atoms with van der Waals surface area (Å²) in [7, 11) is 0. The van der Waals surface area contributed by atoms with Gasteiger partial charge in [-0.1, -0.05) is 18.2 Å². The molecule has 20 heavy (non-hydrogen) atoms. The summed E-state index contributed by atoms with van der Waals surface area (Å²) in [6.45, 7) is 0. The molecule has 0 radical (unpaired) electrons. The third-order valence-electron chi connectivity index (χ3n) is 2.97. The lowest BCUT2D eigenvalue weighted by Crippen LogP contribution is -2.21. The molecule has 2 aromatic carbocycles. The first-order chi connectivity index (χ1) is 9.59. The number of aromatic amines is 1. The summed E-state index contributed by atoms with van der Waals surface area (Å²) in [5.41, 5.74) is 1.29. The van der Waals surface area contributed by atoms with E-state index in [9.17, 15) is 4.79 Å². The van der Waals surface area contributed by atoms with Gasteiger partial charge in [0.15, 0.2) is 4.77 Å². The van der Waals surface area contributed by atoms with Gasteiger partial charge in [0.1, 0.15) is 0 Å². The topological polar surface area (TPSA) is 37.8 Å². The molecule has 0 saturated carbocycles. The van der Waals surface area contributed by atoms with E-state index in [1.165, 1.54) is 4.57 Å². The van der Waals surface area contributed by atoms with Crippen molar-refractivity contribution < 1.29 is 0 Å². The lowest BCUT2D eigenvalue weighted by molar-refractivity contribution is 0.930. The van der Waals surface area contributed by atoms with Gasteiger partial charge in [-0.15, -0.1) is 0 Å². The predicted octanol–water partition coefficient (Wildman–Crippen LogP) is 4.57. The van der Waals surface area contributed by atoms with Gasteiger partial charge in [0.05, 0.1) is 16.6 Å². The van der Waals surface area contributed by atoms with Crippen molar-refractivity contribution in [1.29, 1.82) is 0 Å². The Hall–Kier alpha value is -1.24. The van der Waals surface area contributed by atoms with Crippen LogP contribution < -0.4 is 5.56 Å². The Morgan fingerprint density at radius 1 is 1.00 bits per heavy atom. The maximum atomic E-state index is 12.7. The first kappa shape index (κ1) is 13.7. The third-order valence-corrected chi connectivity index (χ3v) is 4.53. The smallest absolute Gasteiger partial charge is 0.266 e. The van der Waals surface area contributed by atoms with Gasteiger partial charge >= 0.3 is 0 Å². The molecule has 0 aliphatic rings. The Labute approximate surface area is 136 Å². The number of nitrogens with one attached hydrogen (secondary N) is 1. The van der Waals surface area contributed by atoms with Crippen LogP contribution in [0.1, 0.15) is 0 Å². The Kier molecular flexibility index (Phi) is 3.62. The zero-order chi connectivity index (χ0) is 14.3. The number of halogens is 2. The molecule has 0 aliphatic heterocycles. The second-order valence-corrected chi connectivity index (χ2v) is 6.28. The highest BCUT2D eigenvalue weighted by molar-refractivity contribution is 9.11. The Morgan fingerprint density at radius 3 is 2.35 bits per heavy atom. The van der Waals surface area contributed by atoms with E-state index in [-0.39, 0.29) is 5.56 Å². The quantitative estimate of drug-likeness (QED) is 0.595. The number of aromatic nitrogens is 2. The fourth-order valence-electron chi connectivity index (χ4n) is 2.07. The highest BCUT2D eigenvalue weighted by Gasteiger charge is 2.12. The highest BCUT2D eigenvalue weighted by Crippen LogP contribution is 2.28. The molecule has 3 rings (SSSR count). The van der Waals surface area contributed by atoms with Gasteiger partial charge < -0.3 is 4.98 Å². The number of benzene rings is 2. The first-order valence-electron chi connectivity index (χ1n) is 5.78. The summed E-state index contributed by atoms with van der Waals surface area (Å²) < 4.78 is 3.44. The van der Waals surface area contributed by atoms with Crippen molar-refractivity contribution in [2.45, 2.75) is 0 Å². The van der Waals surface area contributed by atoms with Crippen molar-refractivity contribution in [3.63, 3.8) is 0 Å². The van der Waals surface area contributed by atoms with Gasteiger partial charge in [-0.05, 0) is 68.3 Å². The lowest BCUT2D eigenvalue weighted by atomic mass is 10.2. The van der Waals surface area contributed by atoms with Crippen molar-refractivity contribution in [3.8, 4) is 5.69 Å². The van der Waals surface area contributed by atoms with Crippen LogP contribution in [0.15, 0.2) is 56.2 Å². The molecule has 100 valence electrons. The van der Waals surface area contributed by atoms with Crippen LogP contribution in [0.3, 0.4) is 0 Å². The van der Waals surface area contributed by atoms with Crippen molar-refractivity contribution in [3.05, 3.63) is 66.5 Å². The molecular formula is C14H8Br2N2OS. The van der Waals surface area contributed by atoms with Crippen LogP contribution in [0.5, 0.6) is 0 Å². The van der Waals surface area contributed by atoms with Gasteiger partial charge in [-0.25, -0.2) is 0 Å². The van der Waals surface area contributed by atoms with Gasteiger partial charge in [0.2, 0.25) is 0 Å².